The van der Waals surface area contributed by atoms with E-state index in [1.165, 1.54) is 42.6 Å². The van der Waals surface area contributed by atoms with Gasteiger partial charge in [0, 0.05) is 50.0 Å². The summed E-state index contributed by atoms with van der Waals surface area (Å²) in [5, 5.41) is 16.0. The number of pyridine rings is 1. The van der Waals surface area contributed by atoms with Crippen molar-refractivity contribution in [3.8, 4) is 5.75 Å². The summed E-state index contributed by atoms with van der Waals surface area (Å²) < 4.78 is 40.4. The first-order valence-electron chi connectivity index (χ1n) is 14.5. The smallest absolute Gasteiger partial charge is 0.293 e. The number of nitro benzene ring substituents is 1. The molecule has 14 heteroatoms. The van der Waals surface area contributed by atoms with Crippen LogP contribution >= 0.6 is 0 Å². The fourth-order valence-electron chi connectivity index (χ4n) is 6.29. The van der Waals surface area contributed by atoms with Gasteiger partial charge in [0.25, 0.3) is 5.69 Å². The summed E-state index contributed by atoms with van der Waals surface area (Å²) in [4.78, 5) is 31.1. The van der Waals surface area contributed by atoms with Crippen molar-refractivity contribution >= 4 is 38.2 Å². The molecule has 13 nitrogen and oxygen atoms in total. The molecular formula is C30H34N6O7S. The Morgan fingerprint density at radius 1 is 1.23 bits per heavy atom. The van der Waals surface area contributed by atoms with Gasteiger partial charge in [0.15, 0.2) is 0 Å². The van der Waals surface area contributed by atoms with Crippen LogP contribution in [0.25, 0.3) is 11.0 Å². The van der Waals surface area contributed by atoms with Crippen LogP contribution in [0.1, 0.15) is 19.3 Å². The molecule has 4 heterocycles. The van der Waals surface area contributed by atoms with Gasteiger partial charge in [-0.2, -0.15) is 0 Å². The van der Waals surface area contributed by atoms with Crippen LogP contribution < -0.4 is 15.8 Å². The van der Waals surface area contributed by atoms with Gasteiger partial charge in [-0.15, -0.1) is 0 Å². The maximum Gasteiger partial charge on any atom is 0.293 e. The molecule has 1 aliphatic carbocycles. The topological polar surface area (TPSA) is 183 Å². The SMILES string of the molecule is NC(=O)C1C=CC=CC1(Oc1cnc2[nH]ccc2c1)S(=O)(=O)c1ccc(NC[C@@H]2CCN(C3CCOCC3)C2)c([N+](=O)[O-])c1. The van der Waals surface area contributed by atoms with Crippen LogP contribution in [-0.4, -0.2) is 77.9 Å². The molecule has 0 spiro atoms. The number of H-pyrrole nitrogens is 1. The number of nitrogens with two attached hydrogens (primary N) is 1. The molecule has 2 unspecified atom stereocenters. The van der Waals surface area contributed by atoms with Crippen LogP contribution in [0.15, 0.2) is 71.9 Å². The summed E-state index contributed by atoms with van der Waals surface area (Å²) in [5.74, 6) is -2.01. The molecule has 1 aromatic carbocycles. The Kier molecular flexibility index (Phi) is 8.14. The normalized spacial score (nSPS) is 24.5. The van der Waals surface area contributed by atoms with E-state index in [9.17, 15) is 23.3 Å². The number of amides is 1. The summed E-state index contributed by atoms with van der Waals surface area (Å²) >= 11 is 0. The predicted octanol–water partition coefficient (Wildman–Crippen LogP) is 3.16. The lowest BCUT2D eigenvalue weighted by molar-refractivity contribution is -0.384. The Balaban J connectivity index is 1.28. The van der Waals surface area contributed by atoms with Crippen LogP contribution in [0.2, 0.25) is 0 Å². The summed E-state index contributed by atoms with van der Waals surface area (Å²) in [6.07, 6.45) is 11.5. The number of likely N-dealkylation sites (tertiary alicyclic amines) is 1. The highest BCUT2D eigenvalue weighted by Gasteiger charge is 2.54. The number of carbonyl (C=O) groups is 1. The van der Waals surface area contributed by atoms with Crippen molar-refractivity contribution < 1.29 is 27.6 Å². The summed E-state index contributed by atoms with van der Waals surface area (Å²) in [5.41, 5.74) is 6.06. The van der Waals surface area contributed by atoms with Gasteiger partial charge in [-0.05, 0) is 62.1 Å². The number of rotatable bonds is 10. The number of hydrogen-bond acceptors (Lipinski definition) is 10. The molecule has 0 radical (unpaired) electrons. The zero-order valence-corrected chi connectivity index (χ0v) is 24.7. The molecule has 44 heavy (non-hydrogen) atoms. The average Bonchev–Trinajstić information content (AvgIpc) is 3.70. The molecule has 0 bridgehead atoms. The second-order valence-corrected chi connectivity index (χ2v) is 13.5. The van der Waals surface area contributed by atoms with Crippen LogP contribution in [0.5, 0.6) is 5.75 Å². The number of hydrogen-bond donors (Lipinski definition) is 3. The second-order valence-electron chi connectivity index (χ2n) is 11.3. The van der Waals surface area contributed by atoms with Crippen LogP contribution in [-0.2, 0) is 19.4 Å². The highest BCUT2D eigenvalue weighted by Crippen LogP contribution is 2.41. The Morgan fingerprint density at radius 3 is 2.82 bits per heavy atom. The molecule has 3 aromatic rings. The lowest BCUT2D eigenvalue weighted by Gasteiger charge is -2.36. The van der Waals surface area contributed by atoms with Gasteiger partial charge < -0.3 is 25.5 Å². The van der Waals surface area contributed by atoms with Crippen molar-refractivity contribution in [2.24, 2.45) is 17.6 Å². The number of nitrogens with zero attached hydrogens (tertiary/aromatic N) is 3. The first kappa shape index (κ1) is 29.8. The number of sulfone groups is 1. The maximum absolute atomic E-state index is 14.4. The third-order valence-corrected chi connectivity index (χ3v) is 10.8. The molecule has 2 aliphatic heterocycles. The fraction of sp³-hybridized carbons (Fsp3) is 0.400. The largest absolute Gasteiger partial charge is 0.464 e. The van der Waals surface area contributed by atoms with Crippen molar-refractivity contribution in [1.82, 2.24) is 14.9 Å². The highest BCUT2D eigenvalue weighted by atomic mass is 32.2. The Labute approximate surface area is 254 Å². The van der Waals surface area contributed by atoms with Crippen molar-refractivity contribution in [1.29, 1.82) is 0 Å². The minimum Gasteiger partial charge on any atom is -0.464 e. The number of allylic oxidation sites excluding steroid dienone is 2. The van der Waals surface area contributed by atoms with Crippen LogP contribution in [0, 0.1) is 22.0 Å². The van der Waals surface area contributed by atoms with Gasteiger partial charge in [-0.3, -0.25) is 19.8 Å². The molecule has 2 fully saturated rings. The van der Waals surface area contributed by atoms with Gasteiger partial charge in [0.1, 0.15) is 23.0 Å². The fourth-order valence-corrected chi connectivity index (χ4v) is 8.17. The number of nitrogens with one attached hydrogen (secondary N) is 2. The number of benzene rings is 1. The van der Waals surface area contributed by atoms with Gasteiger partial charge in [0.05, 0.1) is 16.0 Å². The molecule has 232 valence electrons. The highest BCUT2D eigenvalue weighted by molar-refractivity contribution is 7.93. The second kappa shape index (κ2) is 12.0. The molecule has 1 amide bonds. The first-order valence-corrected chi connectivity index (χ1v) is 16.0. The molecular weight excluding hydrogens is 588 g/mol. The average molecular weight is 623 g/mol. The van der Waals surface area contributed by atoms with Gasteiger partial charge in [-0.25, -0.2) is 13.4 Å². The van der Waals surface area contributed by atoms with Crippen molar-refractivity contribution in [2.45, 2.75) is 35.1 Å². The number of ether oxygens (including phenoxy) is 2. The number of anilines is 1. The summed E-state index contributed by atoms with van der Waals surface area (Å²) in [7, 11) is -4.62. The maximum atomic E-state index is 14.4. The van der Waals surface area contributed by atoms with Gasteiger partial charge >= 0.3 is 0 Å². The Hall–Kier alpha value is -4.27. The van der Waals surface area contributed by atoms with E-state index < -0.39 is 37.2 Å². The minimum atomic E-state index is -4.62. The Morgan fingerprint density at radius 2 is 2.05 bits per heavy atom. The minimum absolute atomic E-state index is 0.0750. The quantitative estimate of drug-likeness (QED) is 0.224. The van der Waals surface area contributed by atoms with Crippen molar-refractivity contribution in [2.75, 3.05) is 38.2 Å². The van der Waals surface area contributed by atoms with E-state index >= 15 is 0 Å². The van der Waals surface area contributed by atoms with Crippen molar-refractivity contribution in [3.05, 3.63) is 77.1 Å². The first-order chi connectivity index (χ1) is 21.2. The number of fused-ring (bicyclic) bond motifs is 1. The number of nitro groups is 1. The monoisotopic (exact) mass is 622 g/mol. The number of aromatic amines is 1. The molecule has 0 saturated carbocycles. The standard InChI is InChI=1S/C30H34N6O7S/c31-28(37)25-3-1-2-10-30(25,43-23-15-21-6-11-32-29(21)34-18-23)44(40,41)24-4-5-26(27(16-24)36(38)39)33-17-20-7-12-35(19-20)22-8-13-42-14-9-22/h1-6,10-11,15-16,18,20,22,25,33H,7-9,12-14,17,19H2,(H2,31,37)(H,32,34)/t20-,25?,30?/m0/s1. The third-order valence-electron chi connectivity index (χ3n) is 8.64. The zero-order valence-electron chi connectivity index (χ0n) is 23.9. The lowest BCUT2D eigenvalue weighted by atomic mass is 9.96. The molecule has 2 saturated heterocycles. The van der Waals surface area contributed by atoms with Gasteiger partial charge in [-0.1, -0.05) is 18.2 Å². The number of aromatic nitrogens is 2. The summed E-state index contributed by atoms with van der Waals surface area (Å²) in [6.45, 7) is 3.89. The molecule has 3 atom stereocenters. The van der Waals surface area contributed by atoms with E-state index in [4.69, 9.17) is 15.2 Å². The van der Waals surface area contributed by atoms with E-state index in [1.807, 2.05) is 0 Å². The van der Waals surface area contributed by atoms with E-state index in [1.54, 1.807) is 18.3 Å². The lowest BCUT2D eigenvalue weighted by Crippen LogP contribution is -2.53. The predicted molar refractivity (Wildman–Crippen MR) is 163 cm³/mol. The molecule has 6 rings (SSSR count). The van der Waals surface area contributed by atoms with Gasteiger partial charge in [0.2, 0.25) is 20.7 Å². The van der Waals surface area contributed by atoms with Crippen molar-refractivity contribution in [3.63, 3.8) is 0 Å². The van der Waals surface area contributed by atoms with Crippen LogP contribution in [0.3, 0.4) is 0 Å². The Bertz CT molecular complexity index is 1730. The molecule has 2 aromatic heterocycles. The number of carbonyl (C=O) groups excluding carboxylic acids is 1. The van der Waals surface area contributed by atoms with E-state index in [2.05, 4.69) is 20.2 Å². The van der Waals surface area contributed by atoms with E-state index in [-0.39, 0.29) is 16.3 Å². The molecule has 3 aliphatic rings. The summed E-state index contributed by atoms with van der Waals surface area (Å²) in [6, 6.07) is 7.50. The number of primary amides is 1. The van der Waals surface area contributed by atoms with E-state index in [0.29, 0.717) is 29.5 Å². The zero-order chi connectivity index (χ0) is 30.9. The van der Waals surface area contributed by atoms with Crippen LogP contribution in [0.4, 0.5) is 11.4 Å². The van der Waals surface area contributed by atoms with E-state index in [0.717, 1.165) is 51.6 Å². The molecule has 4 N–H and O–H groups in total. The third kappa shape index (κ3) is 5.55.